The van der Waals surface area contributed by atoms with Gasteiger partial charge in [-0.3, -0.25) is 9.59 Å². The summed E-state index contributed by atoms with van der Waals surface area (Å²) in [5.41, 5.74) is 0.813. The lowest BCUT2D eigenvalue weighted by molar-refractivity contribution is -0.121. The van der Waals surface area contributed by atoms with E-state index in [4.69, 9.17) is 0 Å². The van der Waals surface area contributed by atoms with Gasteiger partial charge in [0.1, 0.15) is 0 Å². The molecule has 0 saturated heterocycles. The van der Waals surface area contributed by atoms with Gasteiger partial charge in [0.2, 0.25) is 11.8 Å². The standard InChI is InChI=1S/C18H26N2O3/c1-3-18(23,4-2)12-19-16(21)11-13-5-9-15(10-6-13)20-17(22)14-7-8-14/h5-6,9-10,14,23H,3-4,7-8,11-12H2,1-2H3,(H,19,21)(H,20,22). The Bertz CT molecular complexity index is 546. The van der Waals surface area contributed by atoms with Crippen molar-refractivity contribution in [1.82, 2.24) is 5.32 Å². The van der Waals surface area contributed by atoms with Crippen LogP contribution in [0.4, 0.5) is 5.69 Å². The second-order valence-corrected chi connectivity index (χ2v) is 6.35. The van der Waals surface area contributed by atoms with Crippen LogP contribution in [0.1, 0.15) is 45.1 Å². The van der Waals surface area contributed by atoms with E-state index in [1.165, 1.54) is 0 Å². The molecule has 1 aliphatic rings. The molecule has 0 aliphatic heterocycles. The number of hydrogen-bond donors (Lipinski definition) is 3. The highest BCUT2D eigenvalue weighted by molar-refractivity contribution is 5.94. The minimum Gasteiger partial charge on any atom is -0.388 e. The van der Waals surface area contributed by atoms with E-state index < -0.39 is 5.60 Å². The molecule has 23 heavy (non-hydrogen) atoms. The van der Waals surface area contributed by atoms with Crippen molar-refractivity contribution in [2.75, 3.05) is 11.9 Å². The third-order valence-corrected chi connectivity index (χ3v) is 4.47. The molecule has 5 nitrogen and oxygen atoms in total. The maximum atomic E-state index is 12.0. The fourth-order valence-electron chi connectivity index (χ4n) is 2.31. The normalized spacial score (nSPS) is 14.4. The number of carbonyl (C=O) groups excluding carboxylic acids is 2. The zero-order valence-electron chi connectivity index (χ0n) is 13.9. The van der Waals surface area contributed by atoms with Crippen molar-refractivity contribution in [3.8, 4) is 0 Å². The lowest BCUT2D eigenvalue weighted by Crippen LogP contribution is -2.42. The summed E-state index contributed by atoms with van der Waals surface area (Å²) in [6.07, 6.45) is 3.44. The molecule has 126 valence electrons. The first kappa shape index (κ1) is 17.5. The van der Waals surface area contributed by atoms with Crippen LogP contribution in [0.15, 0.2) is 24.3 Å². The van der Waals surface area contributed by atoms with Crippen molar-refractivity contribution in [1.29, 1.82) is 0 Å². The molecule has 0 unspecified atom stereocenters. The first-order valence-corrected chi connectivity index (χ1v) is 8.34. The van der Waals surface area contributed by atoms with Crippen LogP contribution in [0.25, 0.3) is 0 Å². The van der Waals surface area contributed by atoms with Crippen LogP contribution in [0, 0.1) is 5.92 Å². The molecule has 1 aromatic carbocycles. The summed E-state index contributed by atoms with van der Waals surface area (Å²) in [7, 11) is 0. The van der Waals surface area contributed by atoms with E-state index in [1.54, 1.807) is 0 Å². The topological polar surface area (TPSA) is 78.4 Å². The number of aliphatic hydroxyl groups is 1. The Hall–Kier alpha value is -1.88. The zero-order chi connectivity index (χ0) is 16.9. The van der Waals surface area contributed by atoms with Crippen molar-refractivity contribution < 1.29 is 14.7 Å². The molecule has 2 amide bonds. The summed E-state index contributed by atoms with van der Waals surface area (Å²) in [5.74, 6) is 0.144. The number of rotatable bonds is 8. The van der Waals surface area contributed by atoms with Gasteiger partial charge >= 0.3 is 0 Å². The first-order valence-electron chi connectivity index (χ1n) is 8.34. The van der Waals surface area contributed by atoms with Gasteiger partial charge in [0.25, 0.3) is 0 Å². The van der Waals surface area contributed by atoms with Gasteiger partial charge in [0, 0.05) is 18.2 Å². The van der Waals surface area contributed by atoms with E-state index in [0.717, 1.165) is 24.1 Å². The van der Waals surface area contributed by atoms with E-state index in [0.29, 0.717) is 12.8 Å². The highest BCUT2D eigenvalue weighted by Crippen LogP contribution is 2.30. The maximum absolute atomic E-state index is 12.0. The average Bonchev–Trinajstić information content (AvgIpc) is 3.39. The molecular formula is C18H26N2O3. The quantitative estimate of drug-likeness (QED) is 0.688. The van der Waals surface area contributed by atoms with Crippen LogP contribution in [-0.4, -0.2) is 29.1 Å². The van der Waals surface area contributed by atoms with E-state index in [9.17, 15) is 14.7 Å². The van der Waals surface area contributed by atoms with Gasteiger partial charge in [-0.25, -0.2) is 0 Å². The molecule has 0 heterocycles. The SMILES string of the molecule is CCC(O)(CC)CNC(=O)Cc1ccc(NC(=O)C2CC2)cc1. The molecule has 0 aromatic heterocycles. The van der Waals surface area contributed by atoms with Gasteiger partial charge in [-0.1, -0.05) is 26.0 Å². The first-order chi connectivity index (χ1) is 11.0. The van der Waals surface area contributed by atoms with Crippen molar-refractivity contribution in [3.63, 3.8) is 0 Å². The van der Waals surface area contributed by atoms with E-state index in [2.05, 4.69) is 10.6 Å². The van der Waals surface area contributed by atoms with E-state index in [1.807, 2.05) is 38.1 Å². The highest BCUT2D eigenvalue weighted by atomic mass is 16.3. The van der Waals surface area contributed by atoms with Gasteiger partial charge in [-0.2, -0.15) is 0 Å². The number of carbonyl (C=O) groups is 2. The Kier molecular flexibility index (Phi) is 5.77. The monoisotopic (exact) mass is 318 g/mol. The van der Waals surface area contributed by atoms with Crippen LogP contribution in [0.5, 0.6) is 0 Å². The van der Waals surface area contributed by atoms with Gasteiger partial charge in [-0.05, 0) is 43.4 Å². The Morgan fingerprint density at radius 1 is 1.17 bits per heavy atom. The van der Waals surface area contributed by atoms with Gasteiger partial charge in [-0.15, -0.1) is 0 Å². The molecule has 5 heteroatoms. The number of benzene rings is 1. The molecule has 1 aliphatic carbocycles. The fraction of sp³-hybridized carbons (Fsp3) is 0.556. The summed E-state index contributed by atoms with van der Waals surface area (Å²) >= 11 is 0. The molecule has 1 aromatic rings. The predicted molar refractivity (Wildman–Crippen MR) is 90.0 cm³/mol. The van der Waals surface area contributed by atoms with Crippen molar-refractivity contribution in [2.45, 2.75) is 51.6 Å². The number of amides is 2. The molecule has 0 bridgehead atoms. The molecule has 0 radical (unpaired) electrons. The number of nitrogens with one attached hydrogen (secondary N) is 2. The summed E-state index contributed by atoms with van der Waals surface area (Å²) in [4.78, 5) is 23.6. The molecular weight excluding hydrogens is 292 g/mol. The third-order valence-electron chi connectivity index (χ3n) is 4.47. The van der Waals surface area contributed by atoms with E-state index >= 15 is 0 Å². The Morgan fingerprint density at radius 3 is 2.30 bits per heavy atom. The zero-order valence-corrected chi connectivity index (χ0v) is 13.9. The lowest BCUT2D eigenvalue weighted by Gasteiger charge is -2.25. The predicted octanol–water partition coefficient (Wildman–Crippen LogP) is 2.24. The van der Waals surface area contributed by atoms with Crippen LogP contribution in [-0.2, 0) is 16.0 Å². The Labute approximate surface area is 137 Å². The average molecular weight is 318 g/mol. The number of hydrogen-bond acceptors (Lipinski definition) is 3. The molecule has 1 saturated carbocycles. The summed E-state index contributed by atoms with van der Waals surface area (Å²) < 4.78 is 0. The summed E-state index contributed by atoms with van der Waals surface area (Å²) in [5, 5.41) is 15.8. The van der Waals surface area contributed by atoms with Crippen LogP contribution < -0.4 is 10.6 Å². The lowest BCUT2D eigenvalue weighted by atomic mass is 9.97. The number of anilines is 1. The maximum Gasteiger partial charge on any atom is 0.227 e. The van der Waals surface area contributed by atoms with Gasteiger partial charge in [0.05, 0.1) is 12.0 Å². The molecule has 0 spiro atoms. The summed E-state index contributed by atoms with van der Waals surface area (Å²) in [6.45, 7) is 4.09. The van der Waals surface area contributed by atoms with Gasteiger partial charge in [0.15, 0.2) is 0 Å². The van der Waals surface area contributed by atoms with Crippen LogP contribution >= 0.6 is 0 Å². The van der Waals surface area contributed by atoms with Crippen LogP contribution in [0.2, 0.25) is 0 Å². The second-order valence-electron chi connectivity index (χ2n) is 6.35. The third kappa shape index (κ3) is 5.36. The minimum absolute atomic E-state index is 0.0777. The second kappa shape index (κ2) is 7.59. The smallest absolute Gasteiger partial charge is 0.227 e. The van der Waals surface area contributed by atoms with Crippen molar-refractivity contribution in [2.24, 2.45) is 5.92 Å². The van der Waals surface area contributed by atoms with Gasteiger partial charge < -0.3 is 15.7 Å². The summed E-state index contributed by atoms with van der Waals surface area (Å²) in [6, 6.07) is 7.32. The van der Waals surface area contributed by atoms with Crippen molar-refractivity contribution >= 4 is 17.5 Å². The van der Waals surface area contributed by atoms with E-state index in [-0.39, 0.29) is 30.7 Å². The molecule has 3 N–H and O–H groups in total. The Balaban J connectivity index is 1.80. The Morgan fingerprint density at radius 2 is 1.78 bits per heavy atom. The molecule has 1 fully saturated rings. The van der Waals surface area contributed by atoms with Crippen molar-refractivity contribution in [3.05, 3.63) is 29.8 Å². The largest absolute Gasteiger partial charge is 0.388 e. The molecule has 2 rings (SSSR count). The van der Waals surface area contributed by atoms with Crippen LogP contribution in [0.3, 0.4) is 0 Å². The highest BCUT2D eigenvalue weighted by Gasteiger charge is 2.29. The fourth-order valence-corrected chi connectivity index (χ4v) is 2.31. The molecule has 0 atom stereocenters. The minimum atomic E-state index is -0.827.